The van der Waals surface area contributed by atoms with Gasteiger partial charge in [0.1, 0.15) is 0 Å². The molecule has 2 aromatic carbocycles. The quantitative estimate of drug-likeness (QED) is 0.783. The van der Waals surface area contributed by atoms with Gasteiger partial charge in [0.15, 0.2) is 0 Å². The summed E-state index contributed by atoms with van der Waals surface area (Å²) in [6, 6.07) is 18.6. The Bertz CT molecular complexity index is 681. The van der Waals surface area contributed by atoms with Crippen molar-refractivity contribution in [3.05, 3.63) is 71.3 Å². The van der Waals surface area contributed by atoms with E-state index in [1.165, 1.54) is 16.7 Å². The van der Waals surface area contributed by atoms with Crippen LogP contribution in [-0.4, -0.2) is 36.6 Å². The largest absolute Gasteiger partial charge is 0.481 e. The summed E-state index contributed by atoms with van der Waals surface area (Å²) in [4.78, 5) is 14.0. The van der Waals surface area contributed by atoms with Crippen LogP contribution in [0.15, 0.2) is 54.6 Å². The van der Waals surface area contributed by atoms with Crippen molar-refractivity contribution in [3.8, 4) is 0 Å². The predicted octanol–water partition coefficient (Wildman–Crippen LogP) is 4.22. The van der Waals surface area contributed by atoms with E-state index in [9.17, 15) is 9.90 Å². The fourth-order valence-electron chi connectivity index (χ4n) is 3.60. The van der Waals surface area contributed by atoms with Gasteiger partial charge in [0, 0.05) is 12.5 Å². The van der Waals surface area contributed by atoms with E-state index in [-0.39, 0.29) is 11.8 Å². The molecular weight excluding hydrogens is 310 g/mol. The maximum Gasteiger partial charge on any atom is 0.306 e. The van der Waals surface area contributed by atoms with Crippen LogP contribution in [0.3, 0.4) is 0 Å². The fraction of sp³-hybridized carbons (Fsp3) is 0.409. The summed E-state index contributed by atoms with van der Waals surface area (Å²) in [5.74, 6) is -0.936. The van der Waals surface area contributed by atoms with Gasteiger partial charge < -0.3 is 10.0 Å². The Hall–Kier alpha value is -2.13. The molecule has 0 saturated carbocycles. The molecule has 0 aliphatic heterocycles. The number of carboxylic acids is 1. The maximum absolute atomic E-state index is 11.8. The molecule has 25 heavy (non-hydrogen) atoms. The molecule has 2 rings (SSSR count). The van der Waals surface area contributed by atoms with Crippen molar-refractivity contribution in [1.82, 2.24) is 4.90 Å². The summed E-state index contributed by atoms with van der Waals surface area (Å²) >= 11 is 0. The summed E-state index contributed by atoms with van der Waals surface area (Å²) in [7, 11) is 4.10. The van der Waals surface area contributed by atoms with Crippen molar-refractivity contribution in [3.63, 3.8) is 0 Å². The molecule has 2 aromatic rings. The molecular formula is C22H29NO2. The Balaban J connectivity index is 2.44. The number of rotatable bonds is 8. The third-order valence-electron chi connectivity index (χ3n) is 5.01. The average molecular weight is 339 g/mol. The summed E-state index contributed by atoms with van der Waals surface area (Å²) in [6.07, 6.45) is 0.765. The molecule has 0 bridgehead atoms. The topological polar surface area (TPSA) is 40.5 Å². The van der Waals surface area contributed by atoms with E-state index in [4.69, 9.17) is 0 Å². The van der Waals surface area contributed by atoms with Crippen LogP contribution < -0.4 is 0 Å². The van der Waals surface area contributed by atoms with Crippen LogP contribution in [0.25, 0.3) is 0 Å². The van der Waals surface area contributed by atoms with Crippen LogP contribution in [-0.2, 0) is 11.2 Å². The standard InChI is InChI=1S/C22H29NO2/c1-16-10-8-9-13-19(16)21(15-23(3)4)20(17(2)22(24)25)14-18-11-6-5-7-12-18/h5-13,17,20-21H,14-15H2,1-4H3,(H,24,25). The van der Waals surface area contributed by atoms with E-state index < -0.39 is 11.9 Å². The van der Waals surface area contributed by atoms with Gasteiger partial charge in [0.25, 0.3) is 0 Å². The minimum absolute atomic E-state index is 0.0309. The molecule has 0 saturated heterocycles. The lowest BCUT2D eigenvalue weighted by molar-refractivity contribution is -0.143. The van der Waals surface area contributed by atoms with Crippen LogP contribution in [0, 0.1) is 18.8 Å². The zero-order chi connectivity index (χ0) is 18.4. The number of aliphatic carboxylic acids is 1. The first kappa shape index (κ1) is 19.2. The number of nitrogens with zero attached hydrogens (tertiary/aromatic N) is 1. The number of hydrogen-bond acceptors (Lipinski definition) is 2. The molecule has 0 spiro atoms. The average Bonchev–Trinajstić information content (AvgIpc) is 2.58. The molecule has 3 atom stereocenters. The summed E-state index contributed by atoms with van der Waals surface area (Å²) in [5.41, 5.74) is 3.67. The summed E-state index contributed by atoms with van der Waals surface area (Å²) in [5, 5.41) is 9.72. The number of benzene rings is 2. The first-order valence-electron chi connectivity index (χ1n) is 8.87. The lowest BCUT2D eigenvalue weighted by atomic mass is 9.74. The fourth-order valence-corrected chi connectivity index (χ4v) is 3.60. The Morgan fingerprint density at radius 1 is 1.04 bits per heavy atom. The third-order valence-corrected chi connectivity index (χ3v) is 5.01. The van der Waals surface area contributed by atoms with Crippen molar-refractivity contribution >= 4 is 5.97 Å². The molecule has 0 heterocycles. The molecule has 0 radical (unpaired) electrons. The van der Waals surface area contributed by atoms with Crippen molar-refractivity contribution in [2.75, 3.05) is 20.6 Å². The van der Waals surface area contributed by atoms with E-state index in [1.54, 1.807) is 0 Å². The molecule has 0 fully saturated rings. The minimum Gasteiger partial charge on any atom is -0.481 e. The van der Waals surface area contributed by atoms with Crippen molar-refractivity contribution in [1.29, 1.82) is 0 Å². The van der Waals surface area contributed by atoms with Crippen LogP contribution in [0.4, 0.5) is 0 Å². The van der Waals surface area contributed by atoms with Gasteiger partial charge in [-0.1, -0.05) is 61.5 Å². The van der Waals surface area contributed by atoms with Crippen LogP contribution >= 0.6 is 0 Å². The highest BCUT2D eigenvalue weighted by Crippen LogP contribution is 2.35. The van der Waals surface area contributed by atoms with E-state index >= 15 is 0 Å². The Labute approximate surface area is 151 Å². The normalized spacial score (nSPS) is 14.9. The maximum atomic E-state index is 11.8. The second kappa shape index (κ2) is 8.82. The molecule has 0 aliphatic carbocycles. The predicted molar refractivity (Wildman–Crippen MR) is 103 cm³/mol. The van der Waals surface area contributed by atoms with Gasteiger partial charge in [-0.25, -0.2) is 0 Å². The Kier molecular flexibility index (Phi) is 6.77. The molecule has 3 nitrogen and oxygen atoms in total. The van der Waals surface area contributed by atoms with Crippen LogP contribution in [0.2, 0.25) is 0 Å². The first-order chi connectivity index (χ1) is 11.9. The number of hydrogen-bond donors (Lipinski definition) is 1. The highest BCUT2D eigenvalue weighted by Gasteiger charge is 2.33. The highest BCUT2D eigenvalue weighted by molar-refractivity contribution is 5.70. The van der Waals surface area contributed by atoms with Gasteiger partial charge in [-0.3, -0.25) is 4.79 Å². The lowest BCUT2D eigenvalue weighted by Crippen LogP contribution is -2.34. The van der Waals surface area contributed by atoms with E-state index in [1.807, 2.05) is 31.2 Å². The van der Waals surface area contributed by atoms with Crippen molar-refractivity contribution in [2.45, 2.75) is 26.2 Å². The zero-order valence-electron chi connectivity index (χ0n) is 15.6. The van der Waals surface area contributed by atoms with E-state index in [0.717, 1.165) is 13.0 Å². The zero-order valence-corrected chi connectivity index (χ0v) is 15.6. The first-order valence-corrected chi connectivity index (χ1v) is 8.87. The number of carboxylic acid groups (broad SMARTS) is 1. The number of carbonyl (C=O) groups is 1. The van der Waals surface area contributed by atoms with Gasteiger partial charge in [-0.2, -0.15) is 0 Å². The molecule has 134 valence electrons. The van der Waals surface area contributed by atoms with Crippen molar-refractivity contribution < 1.29 is 9.90 Å². The molecule has 0 aromatic heterocycles. The Morgan fingerprint density at radius 2 is 1.64 bits per heavy atom. The Morgan fingerprint density at radius 3 is 2.20 bits per heavy atom. The summed E-state index contributed by atoms with van der Waals surface area (Å²) < 4.78 is 0. The van der Waals surface area contributed by atoms with Gasteiger partial charge in [-0.05, 0) is 50.0 Å². The smallest absolute Gasteiger partial charge is 0.306 e. The van der Waals surface area contributed by atoms with E-state index in [0.29, 0.717) is 0 Å². The van der Waals surface area contributed by atoms with Crippen LogP contribution in [0.1, 0.15) is 29.5 Å². The van der Waals surface area contributed by atoms with Gasteiger partial charge in [-0.15, -0.1) is 0 Å². The number of aryl methyl sites for hydroxylation is 1. The van der Waals surface area contributed by atoms with Crippen LogP contribution in [0.5, 0.6) is 0 Å². The second-order valence-electron chi connectivity index (χ2n) is 7.21. The lowest BCUT2D eigenvalue weighted by Gasteiger charge is -2.33. The minimum atomic E-state index is -0.724. The highest BCUT2D eigenvalue weighted by atomic mass is 16.4. The van der Waals surface area contributed by atoms with Crippen molar-refractivity contribution in [2.24, 2.45) is 11.8 Å². The number of likely N-dealkylation sites (N-methyl/N-ethyl adjacent to an activating group) is 1. The van der Waals surface area contributed by atoms with Gasteiger partial charge >= 0.3 is 5.97 Å². The summed E-state index contributed by atoms with van der Waals surface area (Å²) in [6.45, 7) is 4.79. The third kappa shape index (κ3) is 5.17. The SMILES string of the molecule is Cc1ccccc1C(CN(C)C)C(Cc1ccccc1)C(C)C(=O)O. The molecule has 1 N–H and O–H groups in total. The second-order valence-corrected chi connectivity index (χ2v) is 7.21. The molecule has 3 heteroatoms. The van der Waals surface area contributed by atoms with Gasteiger partial charge in [0.2, 0.25) is 0 Å². The van der Waals surface area contributed by atoms with E-state index in [2.05, 4.69) is 56.3 Å². The molecule has 3 unspecified atom stereocenters. The van der Waals surface area contributed by atoms with Gasteiger partial charge in [0.05, 0.1) is 5.92 Å². The molecule has 0 aliphatic rings. The monoisotopic (exact) mass is 339 g/mol. The molecule has 0 amide bonds.